The second-order valence-corrected chi connectivity index (χ2v) is 0.664. The Morgan fingerprint density at radius 2 is 1.86 bits per heavy atom. The van der Waals surface area contributed by atoms with E-state index in [1.165, 1.54) is 0 Å². The third kappa shape index (κ3) is 4.48. The van der Waals surface area contributed by atoms with Gasteiger partial charge in [-0.25, -0.2) is 0 Å². The lowest BCUT2D eigenvalue weighted by atomic mass is 10.6. The highest BCUT2D eigenvalue weighted by Crippen LogP contribution is 1.44. The van der Waals surface area contributed by atoms with Crippen molar-refractivity contribution in [1.29, 1.82) is 0 Å². The molecule has 0 aliphatic rings. The summed E-state index contributed by atoms with van der Waals surface area (Å²) in [6, 6.07) is 2.08. The molecule has 0 saturated carbocycles. The predicted molar refractivity (Wildman–Crippen MR) is 28.6 cm³/mol. The molecule has 0 rings (SSSR count). The molecule has 0 fully saturated rings. The van der Waals surface area contributed by atoms with Crippen LogP contribution < -0.4 is 5.73 Å². The molecule has 0 amide bonds. The average molecular weight is 89.1 g/mol. The van der Waals surface area contributed by atoms with E-state index < -0.39 is 0 Å². The van der Waals surface area contributed by atoms with Crippen LogP contribution in [0, 0.1) is 36.1 Å². The van der Waals surface area contributed by atoms with Crippen LogP contribution in [0.3, 0.4) is 0 Å². The number of hydrogen-bond donors (Lipinski definition) is 1. The van der Waals surface area contributed by atoms with Gasteiger partial charge in [0.1, 0.15) is 0 Å². The van der Waals surface area contributed by atoms with Gasteiger partial charge in [-0.1, -0.05) is 0 Å². The Labute approximate surface area is 42.9 Å². The fraction of sp³-hybridized carbons (Fsp3) is 0. The van der Waals surface area contributed by atoms with Crippen molar-refractivity contribution in [3.05, 3.63) is 0 Å². The summed E-state index contributed by atoms with van der Waals surface area (Å²) in [6.07, 6.45) is 4.74. The zero-order valence-electron chi connectivity index (χ0n) is 3.65. The molecule has 0 saturated heterocycles. The van der Waals surface area contributed by atoms with Crippen molar-refractivity contribution in [3.63, 3.8) is 0 Å². The molecule has 0 aliphatic heterocycles. The molecule has 0 aromatic heterocycles. The Balaban J connectivity index is 3.68. The summed E-state index contributed by atoms with van der Waals surface area (Å²) >= 11 is 0. The summed E-state index contributed by atoms with van der Waals surface area (Å²) in [4.78, 5) is 0. The molecule has 2 N–H and O–H groups in total. The smallest absolute Gasteiger partial charge is 0.0160 e. The number of terminal acetylenes is 1. The third-order valence-electron chi connectivity index (χ3n) is 0.269. The van der Waals surface area contributed by atoms with Crippen molar-refractivity contribution in [3.8, 4) is 36.1 Å². The molecule has 1 nitrogen and oxygen atoms in total. The van der Waals surface area contributed by atoms with Gasteiger partial charge in [-0.2, -0.15) is 0 Å². The van der Waals surface area contributed by atoms with Crippen molar-refractivity contribution in [2.45, 2.75) is 0 Å². The molecule has 0 radical (unpaired) electrons. The number of hydrogen-bond acceptors (Lipinski definition) is 1. The van der Waals surface area contributed by atoms with Gasteiger partial charge < -0.3 is 5.73 Å². The molecule has 0 spiro atoms. The van der Waals surface area contributed by atoms with E-state index in [1.807, 2.05) is 0 Å². The van der Waals surface area contributed by atoms with Gasteiger partial charge in [0.2, 0.25) is 0 Å². The monoisotopic (exact) mass is 89.0 g/mol. The topological polar surface area (TPSA) is 26.0 Å². The quantitative estimate of drug-likeness (QED) is 0.315. The van der Waals surface area contributed by atoms with E-state index >= 15 is 0 Å². The summed E-state index contributed by atoms with van der Waals surface area (Å²) in [7, 11) is 0. The van der Waals surface area contributed by atoms with E-state index in [0.29, 0.717) is 0 Å². The van der Waals surface area contributed by atoms with Gasteiger partial charge in [0.15, 0.2) is 0 Å². The van der Waals surface area contributed by atoms with Gasteiger partial charge in [-0.3, -0.25) is 0 Å². The summed E-state index contributed by atoms with van der Waals surface area (Å²) < 4.78 is 0. The van der Waals surface area contributed by atoms with Gasteiger partial charge in [-0.05, 0) is 11.8 Å². The maximum atomic E-state index is 4.74. The van der Waals surface area contributed by atoms with Crippen LogP contribution in [0.1, 0.15) is 0 Å². The minimum atomic E-state index is 2.08. The first-order valence-corrected chi connectivity index (χ1v) is 1.58. The Hall–Kier alpha value is -1.52. The maximum absolute atomic E-state index is 4.74. The molecular weight excluding hydrogens is 86.1 g/mol. The second-order valence-electron chi connectivity index (χ2n) is 0.664. The van der Waals surface area contributed by atoms with Gasteiger partial charge in [-0.15, -0.1) is 6.42 Å². The number of nitrogens with two attached hydrogens (primary N) is 1. The SMILES string of the molecule is C#CC#CC#CN. The van der Waals surface area contributed by atoms with E-state index in [-0.39, 0.29) is 0 Å². The van der Waals surface area contributed by atoms with E-state index in [4.69, 9.17) is 12.2 Å². The van der Waals surface area contributed by atoms with Gasteiger partial charge in [0, 0.05) is 17.9 Å². The highest BCUT2D eigenvalue weighted by atomic mass is 14.4. The van der Waals surface area contributed by atoms with Gasteiger partial charge in [0.25, 0.3) is 0 Å². The largest absolute Gasteiger partial charge is 0.359 e. The second kappa shape index (κ2) is 4.48. The molecule has 0 aliphatic carbocycles. The fourth-order valence-electron chi connectivity index (χ4n) is 0.103. The summed E-state index contributed by atoms with van der Waals surface area (Å²) in [6.45, 7) is 0. The zero-order chi connectivity index (χ0) is 5.54. The lowest BCUT2D eigenvalue weighted by molar-refractivity contribution is 1.75. The minimum absolute atomic E-state index is 2.08. The highest BCUT2D eigenvalue weighted by Gasteiger charge is 1.45. The molecule has 0 bridgehead atoms. The third-order valence-corrected chi connectivity index (χ3v) is 0.269. The van der Waals surface area contributed by atoms with Crippen molar-refractivity contribution in [1.82, 2.24) is 0 Å². The summed E-state index contributed by atoms with van der Waals surface area (Å²) in [5.41, 5.74) is 4.74. The van der Waals surface area contributed by atoms with E-state index in [0.717, 1.165) is 0 Å². The fourth-order valence-corrected chi connectivity index (χ4v) is 0.103. The summed E-state index contributed by atoms with van der Waals surface area (Å²) in [5, 5.41) is 0. The van der Waals surface area contributed by atoms with Crippen LogP contribution in [-0.2, 0) is 0 Å². The van der Waals surface area contributed by atoms with Crippen LogP contribution in [0.15, 0.2) is 0 Å². The van der Waals surface area contributed by atoms with Crippen LogP contribution in [0.25, 0.3) is 0 Å². The molecule has 0 unspecified atom stereocenters. The molecular formula is C6H3N. The minimum Gasteiger partial charge on any atom is -0.359 e. The molecule has 0 aromatic carbocycles. The zero-order valence-corrected chi connectivity index (χ0v) is 3.65. The number of rotatable bonds is 0. The first-order chi connectivity index (χ1) is 3.41. The Bertz CT molecular complexity index is 186. The average Bonchev–Trinajstić information content (AvgIpc) is 1.69. The molecule has 1 heteroatoms. The van der Waals surface area contributed by atoms with Crippen LogP contribution in [0.5, 0.6) is 0 Å². The Morgan fingerprint density at radius 3 is 2.29 bits per heavy atom. The standard InChI is InChI=1S/C6H3N/c1-2-3-4-5-6-7/h1H,7H2. The maximum Gasteiger partial charge on any atom is 0.0160 e. The highest BCUT2D eigenvalue weighted by molar-refractivity contribution is 5.33. The molecule has 32 valence electrons. The van der Waals surface area contributed by atoms with Gasteiger partial charge in [0.05, 0.1) is 0 Å². The Kier molecular flexibility index (Phi) is 3.51. The van der Waals surface area contributed by atoms with Crippen molar-refractivity contribution >= 4 is 0 Å². The van der Waals surface area contributed by atoms with E-state index in [1.54, 1.807) is 0 Å². The van der Waals surface area contributed by atoms with E-state index in [9.17, 15) is 0 Å². The van der Waals surface area contributed by atoms with E-state index in [2.05, 4.69) is 29.7 Å². The van der Waals surface area contributed by atoms with Crippen LogP contribution in [0.4, 0.5) is 0 Å². The Morgan fingerprint density at radius 1 is 1.14 bits per heavy atom. The molecule has 0 aromatic rings. The van der Waals surface area contributed by atoms with Crippen LogP contribution >= 0.6 is 0 Å². The molecule has 0 atom stereocenters. The normalized spacial score (nSPS) is 3.29. The predicted octanol–water partition coefficient (Wildman–Crippen LogP) is -0.457. The van der Waals surface area contributed by atoms with Crippen LogP contribution in [0.2, 0.25) is 0 Å². The first-order valence-electron chi connectivity index (χ1n) is 1.58. The first kappa shape index (κ1) is 5.48. The van der Waals surface area contributed by atoms with Crippen molar-refractivity contribution < 1.29 is 0 Å². The molecule has 0 heterocycles. The van der Waals surface area contributed by atoms with Gasteiger partial charge >= 0.3 is 0 Å². The molecule has 7 heavy (non-hydrogen) atoms. The van der Waals surface area contributed by atoms with Crippen molar-refractivity contribution in [2.75, 3.05) is 0 Å². The van der Waals surface area contributed by atoms with Crippen molar-refractivity contribution in [2.24, 2.45) is 5.73 Å². The summed E-state index contributed by atoms with van der Waals surface area (Å²) in [5.74, 6) is 8.94. The van der Waals surface area contributed by atoms with Crippen LogP contribution in [-0.4, -0.2) is 0 Å². The lowest BCUT2D eigenvalue weighted by Gasteiger charge is -1.50. The lowest BCUT2D eigenvalue weighted by Crippen LogP contribution is -1.73.